The van der Waals surface area contributed by atoms with Gasteiger partial charge in [-0.2, -0.15) is 0 Å². The van der Waals surface area contributed by atoms with Gasteiger partial charge in [-0.25, -0.2) is 0 Å². The van der Waals surface area contributed by atoms with Crippen molar-refractivity contribution in [2.45, 2.75) is 45.8 Å². The maximum atomic E-state index is 9.10. The zero-order chi connectivity index (χ0) is 18.3. The third kappa shape index (κ3) is 8.63. The van der Waals surface area contributed by atoms with E-state index in [1.54, 1.807) is 27.7 Å². The summed E-state index contributed by atoms with van der Waals surface area (Å²) in [7, 11) is -2.17. The number of para-hydroxylation sites is 1. The second kappa shape index (κ2) is 8.95. The second-order valence-corrected chi connectivity index (χ2v) is 6.11. The van der Waals surface area contributed by atoms with Gasteiger partial charge in [0, 0.05) is 11.6 Å². The summed E-state index contributed by atoms with van der Waals surface area (Å²) in [6.45, 7) is 8.41. The number of aliphatic hydroxyl groups is 2. The molecule has 0 aliphatic carbocycles. The van der Waals surface area contributed by atoms with Crippen molar-refractivity contribution in [3.8, 4) is 0 Å². The van der Waals surface area contributed by atoms with Crippen molar-refractivity contribution >= 4 is 18.2 Å². The largest absolute Gasteiger partial charge is 0.631 e. The Kier molecular flexibility index (Phi) is 8.37. The number of benzene rings is 1. The first-order valence-corrected chi connectivity index (χ1v) is 7.15. The molecule has 0 unspecified atom stereocenters. The van der Waals surface area contributed by atoms with Crippen LogP contribution in [0.4, 0.5) is 0 Å². The van der Waals surface area contributed by atoms with Gasteiger partial charge < -0.3 is 25.3 Å². The van der Waals surface area contributed by atoms with Gasteiger partial charge in [0.2, 0.25) is 0 Å². The summed E-state index contributed by atoms with van der Waals surface area (Å²) in [5.74, 6) is 0. The Labute approximate surface area is 137 Å². The van der Waals surface area contributed by atoms with Gasteiger partial charge in [0.25, 0.3) is 0 Å². The molecule has 0 saturated heterocycles. The molecule has 0 aliphatic rings. The minimum Gasteiger partial charge on any atom is -0.402 e. The summed E-state index contributed by atoms with van der Waals surface area (Å²) in [6.07, 6.45) is 1.84. The van der Waals surface area contributed by atoms with E-state index < -0.39 is 18.5 Å². The zero-order valence-corrected chi connectivity index (χ0v) is 14.2. The van der Waals surface area contributed by atoms with Gasteiger partial charge >= 0.3 is 7.32 Å². The van der Waals surface area contributed by atoms with Crippen LogP contribution in [-0.4, -0.2) is 48.8 Å². The van der Waals surface area contributed by atoms with E-state index in [-0.39, 0.29) is 0 Å². The van der Waals surface area contributed by atoms with E-state index in [9.17, 15) is 0 Å². The first-order chi connectivity index (χ1) is 10.4. The fourth-order valence-corrected chi connectivity index (χ4v) is 1.24. The summed E-state index contributed by atoms with van der Waals surface area (Å²) in [5.41, 5.74) is 0.350. The number of hydrogen-bond acceptors (Lipinski definition) is 6. The highest BCUT2D eigenvalue weighted by Gasteiger charge is 2.31. The summed E-state index contributed by atoms with van der Waals surface area (Å²) in [6, 6.07) is 10.2. The van der Waals surface area contributed by atoms with Gasteiger partial charge in [-0.05, 0) is 52.3 Å². The SMILES string of the molecule is CC(C)(O)C(C)(C)O.Cc1ccnc2ccccc12.OB(O)O. The van der Waals surface area contributed by atoms with Crippen molar-refractivity contribution in [1.82, 2.24) is 4.98 Å². The molecule has 23 heavy (non-hydrogen) atoms. The number of nitrogens with zero attached hydrogens (tertiary/aromatic N) is 1. The second-order valence-electron chi connectivity index (χ2n) is 6.11. The van der Waals surface area contributed by atoms with E-state index in [4.69, 9.17) is 25.3 Å². The molecule has 0 radical (unpaired) electrons. The van der Waals surface area contributed by atoms with Crippen LogP contribution < -0.4 is 0 Å². The summed E-state index contributed by atoms with van der Waals surface area (Å²) >= 11 is 0. The molecule has 2 rings (SSSR count). The average molecular weight is 323 g/mol. The predicted molar refractivity (Wildman–Crippen MR) is 91.5 cm³/mol. The number of hydrogen-bond donors (Lipinski definition) is 5. The van der Waals surface area contributed by atoms with Crippen LogP contribution in [-0.2, 0) is 0 Å². The van der Waals surface area contributed by atoms with Crippen LogP contribution in [0, 0.1) is 6.92 Å². The van der Waals surface area contributed by atoms with Crippen LogP contribution in [0.1, 0.15) is 33.3 Å². The van der Waals surface area contributed by atoms with Crippen molar-refractivity contribution in [3.63, 3.8) is 0 Å². The monoisotopic (exact) mass is 323 g/mol. The Bertz CT molecular complexity index is 571. The molecule has 1 heterocycles. The molecular weight excluding hydrogens is 297 g/mol. The third-order valence-corrected chi connectivity index (χ3v) is 3.36. The molecule has 2 aromatic rings. The lowest BCUT2D eigenvalue weighted by Crippen LogP contribution is -2.44. The van der Waals surface area contributed by atoms with E-state index in [0.717, 1.165) is 5.52 Å². The molecule has 0 amide bonds. The van der Waals surface area contributed by atoms with Gasteiger partial charge in [-0.3, -0.25) is 4.98 Å². The third-order valence-electron chi connectivity index (χ3n) is 3.36. The van der Waals surface area contributed by atoms with E-state index in [2.05, 4.69) is 18.0 Å². The van der Waals surface area contributed by atoms with Crippen LogP contribution >= 0.6 is 0 Å². The van der Waals surface area contributed by atoms with Crippen molar-refractivity contribution in [3.05, 3.63) is 42.1 Å². The van der Waals surface area contributed by atoms with Gasteiger partial charge in [0.05, 0.1) is 16.7 Å². The van der Waals surface area contributed by atoms with Crippen LogP contribution in [0.3, 0.4) is 0 Å². The fourth-order valence-electron chi connectivity index (χ4n) is 1.24. The van der Waals surface area contributed by atoms with Crippen LogP contribution in [0.5, 0.6) is 0 Å². The molecule has 0 fully saturated rings. The lowest BCUT2D eigenvalue weighted by atomic mass is 9.90. The number of rotatable bonds is 1. The lowest BCUT2D eigenvalue weighted by molar-refractivity contribution is -0.107. The lowest BCUT2D eigenvalue weighted by Gasteiger charge is -2.31. The highest BCUT2D eigenvalue weighted by Crippen LogP contribution is 2.19. The highest BCUT2D eigenvalue weighted by atomic mass is 16.5. The molecule has 0 bridgehead atoms. The Morgan fingerprint density at radius 3 is 1.70 bits per heavy atom. The molecule has 1 aromatic heterocycles. The van der Waals surface area contributed by atoms with Crippen LogP contribution in [0.25, 0.3) is 10.9 Å². The maximum absolute atomic E-state index is 9.10. The Hall–Kier alpha value is -1.51. The van der Waals surface area contributed by atoms with E-state index in [1.165, 1.54) is 10.9 Å². The smallest absolute Gasteiger partial charge is 0.402 e. The number of fused-ring (bicyclic) bond motifs is 1. The van der Waals surface area contributed by atoms with Crippen LogP contribution in [0.15, 0.2) is 36.5 Å². The van der Waals surface area contributed by atoms with E-state index >= 15 is 0 Å². The number of aromatic nitrogens is 1. The molecular formula is C16H26BNO5. The predicted octanol–water partition coefficient (Wildman–Crippen LogP) is 1.02. The molecule has 0 saturated carbocycles. The van der Waals surface area contributed by atoms with Crippen molar-refractivity contribution in [1.29, 1.82) is 0 Å². The summed E-state index contributed by atoms with van der Waals surface area (Å²) in [4.78, 5) is 4.24. The van der Waals surface area contributed by atoms with Crippen LogP contribution in [0.2, 0.25) is 0 Å². The standard InChI is InChI=1S/C10H9N.C6H14O2.BH3O3/c1-8-6-7-11-10-5-3-2-4-9(8)10;1-5(2,7)6(3,4)8;2-1(3)4/h2-7H,1H3;7-8H,1-4H3;2-4H. The topological polar surface area (TPSA) is 114 Å². The zero-order valence-electron chi connectivity index (χ0n) is 14.2. The Morgan fingerprint density at radius 2 is 1.30 bits per heavy atom. The molecule has 0 aliphatic heterocycles. The molecule has 7 heteroatoms. The van der Waals surface area contributed by atoms with Gasteiger partial charge in [0.1, 0.15) is 0 Å². The minimum absolute atomic E-state index is 1.01. The first-order valence-electron chi connectivity index (χ1n) is 7.15. The van der Waals surface area contributed by atoms with E-state index in [1.807, 2.05) is 30.5 Å². The molecule has 0 spiro atoms. The fraction of sp³-hybridized carbons (Fsp3) is 0.438. The molecule has 6 nitrogen and oxygen atoms in total. The highest BCUT2D eigenvalue weighted by molar-refractivity contribution is 6.30. The minimum atomic E-state index is -2.17. The maximum Gasteiger partial charge on any atom is 0.631 e. The van der Waals surface area contributed by atoms with Gasteiger partial charge in [-0.1, -0.05) is 18.2 Å². The Morgan fingerprint density at radius 1 is 0.870 bits per heavy atom. The number of pyridine rings is 1. The van der Waals surface area contributed by atoms with Crippen molar-refractivity contribution in [2.24, 2.45) is 0 Å². The molecule has 5 N–H and O–H groups in total. The van der Waals surface area contributed by atoms with Gasteiger partial charge in [0.15, 0.2) is 0 Å². The normalized spacial score (nSPS) is 11.0. The Balaban J connectivity index is 0.000000357. The average Bonchev–Trinajstić information content (AvgIpc) is 2.37. The van der Waals surface area contributed by atoms with Crippen molar-refractivity contribution < 1.29 is 25.3 Å². The quantitative estimate of drug-likeness (QED) is 0.501. The molecule has 1 aromatic carbocycles. The first kappa shape index (κ1) is 21.5. The molecule has 128 valence electrons. The summed E-state index contributed by atoms with van der Waals surface area (Å²) < 4.78 is 0. The number of aryl methyl sites for hydroxylation is 1. The molecule has 0 atom stereocenters. The van der Waals surface area contributed by atoms with Gasteiger partial charge in [-0.15, -0.1) is 0 Å². The van der Waals surface area contributed by atoms with E-state index in [0.29, 0.717) is 0 Å². The summed E-state index contributed by atoms with van der Waals surface area (Å²) in [5, 5.41) is 41.0. The van der Waals surface area contributed by atoms with Crippen molar-refractivity contribution in [2.75, 3.05) is 0 Å².